The van der Waals surface area contributed by atoms with Gasteiger partial charge in [-0.2, -0.15) is 0 Å². The zero-order valence-electron chi connectivity index (χ0n) is 10.8. The number of hydrogen-bond acceptors (Lipinski definition) is 2. The molecule has 2 nitrogen and oxygen atoms in total. The second-order valence-corrected chi connectivity index (χ2v) is 5.68. The van der Waals surface area contributed by atoms with Crippen molar-refractivity contribution in [1.29, 1.82) is 0 Å². The van der Waals surface area contributed by atoms with Crippen LogP contribution in [0.5, 0.6) is 5.75 Å². The third-order valence-electron chi connectivity index (χ3n) is 2.80. The standard InChI is InChI=1S/C15H13BrFNOS/c1-9-2-5-14(13(16)6-9)19-8-10-7-11(17)3-4-12(10)15(18)20/h2-7H,8H2,1H3,(H2,18,20). The maximum atomic E-state index is 13.3. The number of ether oxygens (including phenoxy) is 1. The van der Waals surface area contributed by atoms with Crippen LogP contribution in [0.15, 0.2) is 40.9 Å². The summed E-state index contributed by atoms with van der Waals surface area (Å²) in [5.74, 6) is 0.348. The Balaban J connectivity index is 2.22. The molecule has 0 aliphatic rings. The van der Waals surface area contributed by atoms with Crippen molar-refractivity contribution in [2.45, 2.75) is 13.5 Å². The van der Waals surface area contributed by atoms with E-state index in [0.717, 1.165) is 10.0 Å². The van der Waals surface area contributed by atoms with E-state index in [1.807, 2.05) is 25.1 Å². The highest BCUT2D eigenvalue weighted by Crippen LogP contribution is 2.27. The van der Waals surface area contributed by atoms with Gasteiger partial charge in [-0.3, -0.25) is 0 Å². The summed E-state index contributed by atoms with van der Waals surface area (Å²) in [4.78, 5) is 0.228. The van der Waals surface area contributed by atoms with E-state index in [4.69, 9.17) is 22.7 Å². The summed E-state index contributed by atoms with van der Waals surface area (Å²) in [6, 6.07) is 10.0. The average molecular weight is 354 g/mol. The van der Waals surface area contributed by atoms with Crippen molar-refractivity contribution in [2.75, 3.05) is 0 Å². The second-order valence-electron chi connectivity index (χ2n) is 4.39. The van der Waals surface area contributed by atoms with E-state index in [-0.39, 0.29) is 17.4 Å². The molecule has 0 fully saturated rings. The molecule has 0 radical (unpaired) electrons. The van der Waals surface area contributed by atoms with Gasteiger partial charge in [-0.25, -0.2) is 4.39 Å². The van der Waals surface area contributed by atoms with Crippen LogP contribution in [-0.4, -0.2) is 4.99 Å². The van der Waals surface area contributed by atoms with Gasteiger partial charge >= 0.3 is 0 Å². The quantitative estimate of drug-likeness (QED) is 0.840. The Morgan fingerprint density at radius 1 is 1.30 bits per heavy atom. The highest BCUT2D eigenvalue weighted by molar-refractivity contribution is 9.10. The summed E-state index contributed by atoms with van der Waals surface area (Å²) in [7, 11) is 0. The molecule has 0 amide bonds. The van der Waals surface area contributed by atoms with Crippen LogP contribution in [0.3, 0.4) is 0 Å². The Labute approximate surface area is 130 Å². The van der Waals surface area contributed by atoms with Crippen molar-refractivity contribution in [3.8, 4) is 5.75 Å². The van der Waals surface area contributed by atoms with Gasteiger partial charge in [0.2, 0.25) is 0 Å². The van der Waals surface area contributed by atoms with Gasteiger partial charge in [0.05, 0.1) is 4.47 Å². The van der Waals surface area contributed by atoms with Crippen molar-refractivity contribution < 1.29 is 9.13 Å². The largest absolute Gasteiger partial charge is 0.488 e. The molecule has 104 valence electrons. The Morgan fingerprint density at radius 3 is 2.70 bits per heavy atom. The molecule has 2 aromatic rings. The number of hydrogen-bond donors (Lipinski definition) is 1. The molecular formula is C15H13BrFNOS. The van der Waals surface area contributed by atoms with Crippen molar-refractivity contribution >= 4 is 33.1 Å². The maximum Gasteiger partial charge on any atom is 0.134 e. The summed E-state index contributed by atoms with van der Waals surface area (Å²) >= 11 is 8.39. The van der Waals surface area contributed by atoms with E-state index in [0.29, 0.717) is 16.9 Å². The van der Waals surface area contributed by atoms with Gasteiger partial charge in [0.25, 0.3) is 0 Å². The summed E-state index contributed by atoms with van der Waals surface area (Å²) in [6.45, 7) is 2.19. The molecule has 0 atom stereocenters. The molecule has 0 aliphatic carbocycles. The van der Waals surface area contributed by atoms with Crippen molar-refractivity contribution in [3.05, 3.63) is 63.4 Å². The Kier molecular flexibility index (Phi) is 4.73. The zero-order chi connectivity index (χ0) is 14.7. The Bertz CT molecular complexity index is 660. The van der Waals surface area contributed by atoms with Crippen LogP contribution in [-0.2, 0) is 6.61 Å². The average Bonchev–Trinajstić information content (AvgIpc) is 2.37. The van der Waals surface area contributed by atoms with Crippen LogP contribution in [0.2, 0.25) is 0 Å². The number of benzene rings is 2. The summed E-state index contributed by atoms with van der Waals surface area (Å²) in [6.07, 6.45) is 0. The fraction of sp³-hybridized carbons (Fsp3) is 0.133. The molecular weight excluding hydrogens is 341 g/mol. The third kappa shape index (κ3) is 3.55. The molecule has 0 unspecified atom stereocenters. The summed E-state index contributed by atoms with van der Waals surface area (Å²) < 4.78 is 19.9. The molecule has 0 aliphatic heterocycles. The SMILES string of the molecule is Cc1ccc(OCc2cc(F)ccc2C(N)=S)c(Br)c1. The minimum Gasteiger partial charge on any atom is -0.488 e. The first kappa shape index (κ1) is 14.9. The topological polar surface area (TPSA) is 35.2 Å². The van der Waals surface area contributed by atoms with Gasteiger partial charge in [-0.15, -0.1) is 0 Å². The van der Waals surface area contributed by atoms with Gasteiger partial charge in [0.1, 0.15) is 23.2 Å². The van der Waals surface area contributed by atoms with E-state index in [9.17, 15) is 4.39 Å². The van der Waals surface area contributed by atoms with E-state index in [1.165, 1.54) is 12.1 Å². The monoisotopic (exact) mass is 353 g/mol. The third-order valence-corrected chi connectivity index (χ3v) is 3.64. The zero-order valence-corrected chi connectivity index (χ0v) is 13.2. The van der Waals surface area contributed by atoms with Crippen LogP contribution in [0.4, 0.5) is 4.39 Å². The molecule has 20 heavy (non-hydrogen) atoms. The second kappa shape index (κ2) is 6.33. The minimum atomic E-state index is -0.341. The lowest BCUT2D eigenvalue weighted by Gasteiger charge is -2.12. The molecule has 0 saturated carbocycles. The predicted octanol–water partition coefficient (Wildman–Crippen LogP) is 4.11. The molecule has 0 bridgehead atoms. The molecule has 0 saturated heterocycles. The number of thiocarbonyl (C=S) groups is 1. The summed E-state index contributed by atoms with van der Waals surface area (Å²) in [5, 5.41) is 0. The van der Waals surface area contributed by atoms with Gasteiger partial charge in [0, 0.05) is 11.1 Å². The van der Waals surface area contributed by atoms with Crippen molar-refractivity contribution in [1.82, 2.24) is 0 Å². The van der Waals surface area contributed by atoms with Gasteiger partial charge < -0.3 is 10.5 Å². The highest BCUT2D eigenvalue weighted by atomic mass is 79.9. The molecule has 2 aromatic carbocycles. The van der Waals surface area contributed by atoms with Crippen molar-refractivity contribution in [3.63, 3.8) is 0 Å². The van der Waals surface area contributed by atoms with Crippen LogP contribution < -0.4 is 10.5 Å². The molecule has 0 spiro atoms. The lowest BCUT2D eigenvalue weighted by atomic mass is 10.1. The molecule has 0 aromatic heterocycles. The number of nitrogens with two attached hydrogens (primary N) is 1. The van der Waals surface area contributed by atoms with Crippen LogP contribution in [0, 0.1) is 12.7 Å². The summed E-state index contributed by atoms with van der Waals surface area (Å²) in [5.41, 5.74) is 8.01. The van der Waals surface area contributed by atoms with E-state index >= 15 is 0 Å². The predicted molar refractivity (Wildman–Crippen MR) is 85.5 cm³/mol. The molecule has 2 N–H and O–H groups in total. The first-order chi connectivity index (χ1) is 9.47. The highest BCUT2D eigenvalue weighted by Gasteiger charge is 2.09. The van der Waals surface area contributed by atoms with Crippen LogP contribution in [0.1, 0.15) is 16.7 Å². The van der Waals surface area contributed by atoms with Crippen molar-refractivity contribution in [2.24, 2.45) is 5.73 Å². The first-order valence-electron chi connectivity index (χ1n) is 5.94. The van der Waals surface area contributed by atoms with Crippen LogP contribution >= 0.6 is 28.1 Å². The number of aryl methyl sites for hydroxylation is 1. The molecule has 2 rings (SSSR count). The first-order valence-corrected chi connectivity index (χ1v) is 7.14. The molecule has 5 heteroatoms. The smallest absolute Gasteiger partial charge is 0.134 e. The fourth-order valence-electron chi connectivity index (χ4n) is 1.80. The number of rotatable bonds is 4. The van der Waals surface area contributed by atoms with Gasteiger partial charge in [-0.1, -0.05) is 18.3 Å². The lowest BCUT2D eigenvalue weighted by molar-refractivity contribution is 0.303. The van der Waals surface area contributed by atoms with E-state index in [1.54, 1.807) is 6.07 Å². The number of halogens is 2. The normalized spacial score (nSPS) is 10.3. The Morgan fingerprint density at radius 2 is 2.05 bits per heavy atom. The Hall–Kier alpha value is -1.46. The van der Waals surface area contributed by atoms with Crippen LogP contribution in [0.25, 0.3) is 0 Å². The van der Waals surface area contributed by atoms with E-state index in [2.05, 4.69) is 15.9 Å². The lowest BCUT2D eigenvalue weighted by Crippen LogP contribution is -2.14. The van der Waals surface area contributed by atoms with Gasteiger partial charge in [0.15, 0.2) is 0 Å². The maximum absolute atomic E-state index is 13.3. The van der Waals surface area contributed by atoms with E-state index < -0.39 is 0 Å². The van der Waals surface area contributed by atoms with Gasteiger partial charge in [-0.05, 0) is 58.7 Å². The minimum absolute atomic E-state index is 0.200. The molecule has 0 heterocycles. The fourth-order valence-corrected chi connectivity index (χ4v) is 2.61.